The molecular formula is C21H21N3O3. The molecule has 2 aliphatic heterocycles. The van der Waals surface area contributed by atoms with E-state index in [1.54, 1.807) is 23.6 Å². The number of hydrogen-bond donors (Lipinski definition) is 0. The van der Waals surface area contributed by atoms with Crippen LogP contribution in [0.4, 0.5) is 5.82 Å². The van der Waals surface area contributed by atoms with Crippen LogP contribution >= 0.6 is 0 Å². The van der Waals surface area contributed by atoms with Gasteiger partial charge in [0.2, 0.25) is 0 Å². The first kappa shape index (κ1) is 17.3. The van der Waals surface area contributed by atoms with Crippen molar-refractivity contribution in [3.8, 4) is 0 Å². The van der Waals surface area contributed by atoms with E-state index < -0.39 is 0 Å². The number of hydrogen-bond acceptors (Lipinski definition) is 5. The van der Waals surface area contributed by atoms with Crippen LogP contribution in [0.25, 0.3) is 6.08 Å². The number of furan rings is 1. The van der Waals surface area contributed by atoms with Crippen LogP contribution < -0.4 is 4.90 Å². The van der Waals surface area contributed by atoms with Crippen LogP contribution in [0.3, 0.4) is 0 Å². The molecule has 4 heterocycles. The Balaban J connectivity index is 1.37. The Bertz CT molecular complexity index is 861. The fourth-order valence-corrected chi connectivity index (χ4v) is 3.01. The molecule has 0 N–H and O–H groups in total. The molecule has 0 atom stereocenters. The summed E-state index contributed by atoms with van der Waals surface area (Å²) in [6.45, 7) is 3.61. The van der Waals surface area contributed by atoms with Gasteiger partial charge in [-0.15, -0.1) is 0 Å². The van der Waals surface area contributed by atoms with E-state index in [0.29, 0.717) is 25.3 Å². The van der Waals surface area contributed by atoms with E-state index in [1.165, 1.54) is 0 Å². The summed E-state index contributed by atoms with van der Waals surface area (Å²) in [4.78, 5) is 21.0. The molecule has 0 spiro atoms. The van der Waals surface area contributed by atoms with Crippen molar-refractivity contribution < 1.29 is 13.9 Å². The number of ether oxygens (including phenoxy) is 1. The van der Waals surface area contributed by atoms with Gasteiger partial charge in [0.25, 0.3) is 5.91 Å². The van der Waals surface area contributed by atoms with Crippen molar-refractivity contribution in [3.05, 3.63) is 78.1 Å². The maximum absolute atomic E-state index is 12.7. The lowest BCUT2D eigenvalue weighted by Gasteiger charge is -2.28. The van der Waals surface area contributed by atoms with Crippen LogP contribution in [-0.2, 0) is 4.74 Å². The van der Waals surface area contributed by atoms with Gasteiger partial charge in [0, 0.05) is 32.0 Å². The number of anilines is 1. The molecule has 2 aromatic rings. The highest BCUT2D eigenvalue weighted by atomic mass is 16.5. The van der Waals surface area contributed by atoms with Crippen molar-refractivity contribution >= 4 is 17.8 Å². The number of carbonyl (C=O) groups excluding carboxylic acids is 1. The SMILES string of the molecule is O=C(c1ccc(N2CCOCC2)nc1)N1C=CC(/C=C/c2ccco2)=CC1. The van der Waals surface area contributed by atoms with Gasteiger partial charge in [0.1, 0.15) is 11.6 Å². The molecule has 4 rings (SSSR count). The van der Waals surface area contributed by atoms with E-state index in [4.69, 9.17) is 9.15 Å². The molecular weight excluding hydrogens is 342 g/mol. The number of morpholine rings is 1. The molecule has 6 nitrogen and oxygen atoms in total. The number of nitrogens with zero attached hydrogens (tertiary/aromatic N) is 3. The number of pyridine rings is 1. The van der Waals surface area contributed by atoms with E-state index in [9.17, 15) is 4.79 Å². The molecule has 1 amide bonds. The minimum absolute atomic E-state index is 0.0578. The molecule has 6 heteroatoms. The Hall–Kier alpha value is -3.12. The highest BCUT2D eigenvalue weighted by molar-refractivity contribution is 5.95. The Morgan fingerprint density at radius 2 is 2.04 bits per heavy atom. The number of carbonyl (C=O) groups is 1. The van der Waals surface area contributed by atoms with E-state index >= 15 is 0 Å². The van der Waals surface area contributed by atoms with Crippen molar-refractivity contribution in [2.45, 2.75) is 0 Å². The van der Waals surface area contributed by atoms with Crippen molar-refractivity contribution in [2.75, 3.05) is 37.7 Å². The predicted octanol–water partition coefficient (Wildman–Crippen LogP) is 3.12. The normalized spacial score (nSPS) is 17.4. The molecule has 2 aliphatic rings. The van der Waals surface area contributed by atoms with Crippen LogP contribution in [-0.4, -0.2) is 48.6 Å². The first-order valence-corrected chi connectivity index (χ1v) is 8.99. The van der Waals surface area contributed by atoms with E-state index in [1.807, 2.05) is 48.6 Å². The van der Waals surface area contributed by atoms with Gasteiger partial charge in [0.05, 0.1) is 25.0 Å². The number of allylic oxidation sites excluding steroid dienone is 3. The quantitative estimate of drug-likeness (QED) is 0.835. The minimum atomic E-state index is -0.0578. The van der Waals surface area contributed by atoms with Gasteiger partial charge in [-0.3, -0.25) is 4.79 Å². The van der Waals surface area contributed by atoms with Gasteiger partial charge in [-0.05, 0) is 42.0 Å². The summed E-state index contributed by atoms with van der Waals surface area (Å²) in [7, 11) is 0. The largest absolute Gasteiger partial charge is 0.465 e. The Kier molecular flexibility index (Phi) is 5.16. The minimum Gasteiger partial charge on any atom is -0.465 e. The lowest BCUT2D eigenvalue weighted by atomic mass is 10.1. The summed E-state index contributed by atoms with van der Waals surface area (Å²) in [5.74, 6) is 1.63. The predicted molar refractivity (Wildman–Crippen MR) is 103 cm³/mol. The van der Waals surface area contributed by atoms with Crippen molar-refractivity contribution in [1.82, 2.24) is 9.88 Å². The van der Waals surface area contributed by atoms with Gasteiger partial charge in [-0.25, -0.2) is 4.98 Å². The van der Waals surface area contributed by atoms with Crippen LogP contribution in [0.1, 0.15) is 16.1 Å². The fourth-order valence-electron chi connectivity index (χ4n) is 3.01. The van der Waals surface area contributed by atoms with E-state index in [-0.39, 0.29) is 5.91 Å². The lowest BCUT2D eigenvalue weighted by Crippen LogP contribution is -2.36. The zero-order chi connectivity index (χ0) is 18.5. The third-order valence-corrected chi connectivity index (χ3v) is 4.54. The van der Waals surface area contributed by atoms with Crippen molar-refractivity contribution in [2.24, 2.45) is 0 Å². The van der Waals surface area contributed by atoms with E-state index in [0.717, 1.165) is 30.2 Å². The van der Waals surface area contributed by atoms with Gasteiger partial charge in [-0.2, -0.15) is 0 Å². The topological polar surface area (TPSA) is 58.8 Å². The zero-order valence-corrected chi connectivity index (χ0v) is 15.0. The zero-order valence-electron chi connectivity index (χ0n) is 15.0. The first-order valence-electron chi connectivity index (χ1n) is 8.99. The third-order valence-electron chi connectivity index (χ3n) is 4.54. The van der Waals surface area contributed by atoms with Crippen LogP contribution in [0, 0.1) is 0 Å². The highest BCUT2D eigenvalue weighted by Crippen LogP contribution is 2.17. The summed E-state index contributed by atoms with van der Waals surface area (Å²) in [5.41, 5.74) is 1.62. The van der Waals surface area contributed by atoms with Gasteiger partial charge in [-0.1, -0.05) is 12.2 Å². The molecule has 0 aromatic carbocycles. The van der Waals surface area contributed by atoms with Crippen molar-refractivity contribution in [3.63, 3.8) is 0 Å². The second kappa shape index (κ2) is 8.05. The van der Waals surface area contributed by atoms with Crippen LogP contribution in [0.15, 0.2) is 71.1 Å². The Labute approximate surface area is 158 Å². The molecule has 0 aliphatic carbocycles. The van der Waals surface area contributed by atoms with Crippen LogP contribution in [0.2, 0.25) is 0 Å². The number of aromatic nitrogens is 1. The van der Waals surface area contributed by atoms with E-state index in [2.05, 4.69) is 9.88 Å². The average molecular weight is 363 g/mol. The smallest absolute Gasteiger partial charge is 0.259 e. The molecule has 0 radical (unpaired) electrons. The van der Waals surface area contributed by atoms with Crippen molar-refractivity contribution in [1.29, 1.82) is 0 Å². The number of amides is 1. The van der Waals surface area contributed by atoms with Gasteiger partial charge < -0.3 is 19.0 Å². The monoisotopic (exact) mass is 363 g/mol. The summed E-state index contributed by atoms with van der Waals surface area (Å²) < 4.78 is 10.6. The molecule has 0 unspecified atom stereocenters. The van der Waals surface area contributed by atoms with Gasteiger partial charge >= 0.3 is 0 Å². The lowest BCUT2D eigenvalue weighted by molar-refractivity contribution is 0.0833. The second-order valence-corrected chi connectivity index (χ2v) is 6.33. The van der Waals surface area contributed by atoms with Crippen LogP contribution in [0.5, 0.6) is 0 Å². The highest BCUT2D eigenvalue weighted by Gasteiger charge is 2.17. The summed E-state index contributed by atoms with van der Waals surface area (Å²) in [6, 6.07) is 7.49. The summed E-state index contributed by atoms with van der Waals surface area (Å²) >= 11 is 0. The van der Waals surface area contributed by atoms with Gasteiger partial charge in [0.15, 0.2) is 0 Å². The fraction of sp³-hybridized carbons (Fsp3) is 0.238. The molecule has 2 aromatic heterocycles. The molecule has 1 fully saturated rings. The maximum atomic E-state index is 12.7. The number of rotatable bonds is 4. The Morgan fingerprint density at radius 1 is 1.15 bits per heavy atom. The average Bonchev–Trinajstić information content (AvgIpc) is 3.27. The second-order valence-electron chi connectivity index (χ2n) is 6.33. The molecule has 0 bridgehead atoms. The molecule has 0 saturated carbocycles. The maximum Gasteiger partial charge on any atom is 0.259 e. The standard InChI is InChI=1S/C21H21N3O3/c25-21(18-4-6-20(22-16-18)23-11-14-26-15-12-23)24-9-7-17(8-10-24)3-5-19-2-1-13-27-19/h1-9,13,16H,10-12,14-15H2/b5-3+. The summed E-state index contributed by atoms with van der Waals surface area (Å²) in [6.07, 6.45) is 12.9. The summed E-state index contributed by atoms with van der Waals surface area (Å²) in [5, 5.41) is 0. The molecule has 27 heavy (non-hydrogen) atoms. The molecule has 138 valence electrons. The molecule has 1 saturated heterocycles. The third kappa shape index (κ3) is 4.17. The first-order chi connectivity index (χ1) is 13.3. The Morgan fingerprint density at radius 3 is 2.70 bits per heavy atom.